The first-order valence-corrected chi connectivity index (χ1v) is 8.65. The molecule has 0 saturated carbocycles. The zero-order valence-corrected chi connectivity index (χ0v) is 13.3. The van der Waals surface area contributed by atoms with Gasteiger partial charge in [0, 0.05) is 18.8 Å². The van der Waals surface area contributed by atoms with Crippen LogP contribution in [-0.4, -0.2) is 45.1 Å². The highest BCUT2D eigenvalue weighted by Crippen LogP contribution is 2.33. The van der Waals surface area contributed by atoms with Gasteiger partial charge in [-0.25, -0.2) is 9.97 Å². The molecule has 4 rings (SSSR count). The van der Waals surface area contributed by atoms with Gasteiger partial charge in [0.25, 0.3) is 0 Å². The number of pyridine rings is 1. The Kier molecular flexibility index (Phi) is 3.84. The van der Waals surface area contributed by atoms with Crippen molar-refractivity contribution in [2.75, 3.05) is 19.6 Å². The molecule has 2 aliphatic rings. The topological polar surface area (TPSA) is 46.0 Å². The summed E-state index contributed by atoms with van der Waals surface area (Å²) < 4.78 is 2.39. The summed E-state index contributed by atoms with van der Waals surface area (Å²) in [6.07, 6.45) is 6.92. The van der Waals surface area contributed by atoms with Gasteiger partial charge in [-0.1, -0.05) is 6.92 Å². The molecular weight excluding hydrogens is 274 g/mol. The molecule has 4 heterocycles. The number of aromatic nitrogens is 3. The molecule has 2 aliphatic heterocycles. The molecule has 5 nitrogen and oxygen atoms in total. The second kappa shape index (κ2) is 5.97. The molecule has 2 atom stereocenters. The van der Waals surface area contributed by atoms with Crippen LogP contribution in [0.1, 0.15) is 44.5 Å². The summed E-state index contributed by atoms with van der Waals surface area (Å²) in [6.45, 7) is 6.69. The van der Waals surface area contributed by atoms with Gasteiger partial charge in [0.05, 0.1) is 6.04 Å². The summed E-state index contributed by atoms with van der Waals surface area (Å²) in [6, 6.07) is 5.11. The van der Waals surface area contributed by atoms with Gasteiger partial charge in [0.2, 0.25) is 0 Å². The summed E-state index contributed by atoms with van der Waals surface area (Å²) in [7, 11) is 0. The molecule has 2 aromatic heterocycles. The zero-order valence-electron chi connectivity index (χ0n) is 13.3. The highest BCUT2D eigenvalue weighted by Gasteiger charge is 2.30. The van der Waals surface area contributed by atoms with E-state index in [0.29, 0.717) is 12.1 Å². The van der Waals surface area contributed by atoms with Crippen LogP contribution >= 0.6 is 0 Å². The van der Waals surface area contributed by atoms with E-state index in [2.05, 4.69) is 32.8 Å². The van der Waals surface area contributed by atoms with Gasteiger partial charge in [0.1, 0.15) is 11.3 Å². The Morgan fingerprint density at radius 1 is 1.32 bits per heavy atom. The standard InChI is InChI=1S/C17H25N5/c1-2-21-11-5-8-15(21)17-20-14-7-4-10-19-16(14)22(17)12-13-6-3-9-18-13/h4,7,10,13,15,18H,2-3,5-6,8-9,11-12H2,1H3. The fourth-order valence-corrected chi connectivity index (χ4v) is 4.04. The Morgan fingerprint density at radius 2 is 2.27 bits per heavy atom. The zero-order chi connectivity index (χ0) is 14.9. The van der Waals surface area contributed by atoms with Crippen molar-refractivity contribution in [3.8, 4) is 0 Å². The minimum absolute atomic E-state index is 0.459. The van der Waals surface area contributed by atoms with Crippen LogP contribution in [0.2, 0.25) is 0 Å². The second-order valence-electron chi connectivity index (χ2n) is 6.51. The van der Waals surface area contributed by atoms with Crippen molar-refractivity contribution in [3.63, 3.8) is 0 Å². The van der Waals surface area contributed by atoms with Crippen LogP contribution in [0.5, 0.6) is 0 Å². The number of likely N-dealkylation sites (tertiary alicyclic amines) is 1. The number of hydrogen-bond donors (Lipinski definition) is 1. The molecule has 2 aromatic rings. The van der Waals surface area contributed by atoms with E-state index in [4.69, 9.17) is 4.98 Å². The summed E-state index contributed by atoms with van der Waals surface area (Å²) in [5, 5.41) is 3.61. The Hall–Kier alpha value is -1.46. The van der Waals surface area contributed by atoms with Crippen molar-refractivity contribution in [2.45, 2.75) is 51.2 Å². The number of hydrogen-bond acceptors (Lipinski definition) is 4. The molecule has 0 aliphatic carbocycles. The lowest BCUT2D eigenvalue weighted by Gasteiger charge is -2.24. The van der Waals surface area contributed by atoms with Crippen molar-refractivity contribution in [1.29, 1.82) is 0 Å². The van der Waals surface area contributed by atoms with E-state index in [9.17, 15) is 0 Å². The van der Waals surface area contributed by atoms with Gasteiger partial charge in [-0.3, -0.25) is 4.90 Å². The maximum absolute atomic E-state index is 4.97. The van der Waals surface area contributed by atoms with E-state index in [-0.39, 0.29) is 0 Å². The van der Waals surface area contributed by atoms with Crippen LogP contribution in [0, 0.1) is 0 Å². The molecule has 22 heavy (non-hydrogen) atoms. The van der Waals surface area contributed by atoms with Gasteiger partial charge in [-0.05, 0) is 57.5 Å². The Morgan fingerprint density at radius 3 is 3.09 bits per heavy atom. The van der Waals surface area contributed by atoms with Gasteiger partial charge >= 0.3 is 0 Å². The second-order valence-corrected chi connectivity index (χ2v) is 6.51. The molecule has 0 spiro atoms. The summed E-state index contributed by atoms with van der Waals surface area (Å²) in [5.41, 5.74) is 2.09. The van der Waals surface area contributed by atoms with E-state index < -0.39 is 0 Å². The Labute approximate surface area is 131 Å². The quantitative estimate of drug-likeness (QED) is 0.941. The SMILES string of the molecule is CCN1CCCC1c1nc2cccnc2n1CC1CCCN1. The predicted molar refractivity (Wildman–Crippen MR) is 87.8 cm³/mol. The monoisotopic (exact) mass is 299 g/mol. The summed E-state index contributed by atoms with van der Waals surface area (Å²) >= 11 is 0. The van der Waals surface area contributed by atoms with Gasteiger partial charge in [-0.15, -0.1) is 0 Å². The molecule has 0 aromatic carbocycles. The molecule has 5 heteroatoms. The van der Waals surface area contributed by atoms with E-state index in [1.807, 2.05) is 12.3 Å². The summed E-state index contributed by atoms with van der Waals surface area (Å²) in [5.74, 6) is 1.22. The molecule has 0 radical (unpaired) electrons. The summed E-state index contributed by atoms with van der Waals surface area (Å²) in [4.78, 5) is 12.1. The maximum Gasteiger partial charge on any atom is 0.160 e. The van der Waals surface area contributed by atoms with Crippen LogP contribution in [0.3, 0.4) is 0 Å². The largest absolute Gasteiger partial charge is 0.312 e. The minimum Gasteiger partial charge on any atom is -0.312 e. The lowest BCUT2D eigenvalue weighted by molar-refractivity contribution is 0.255. The first-order chi connectivity index (χ1) is 10.9. The number of nitrogens with one attached hydrogen (secondary N) is 1. The third kappa shape index (κ3) is 2.42. The third-order valence-corrected chi connectivity index (χ3v) is 5.17. The molecule has 2 saturated heterocycles. The van der Waals surface area contributed by atoms with E-state index in [1.54, 1.807) is 0 Å². The molecule has 2 fully saturated rings. The molecule has 0 bridgehead atoms. The van der Waals surface area contributed by atoms with Crippen molar-refractivity contribution >= 4 is 11.2 Å². The fraction of sp³-hybridized carbons (Fsp3) is 0.647. The average Bonchev–Trinajstić information content (AvgIpc) is 3.27. The number of nitrogens with zero attached hydrogens (tertiary/aromatic N) is 4. The lowest BCUT2D eigenvalue weighted by Crippen LogP contribution is -2.30. The minimum atomic E-state index is 0.459. The van der Waals surface area contributed by atoms with Crippen molar-refractivity contribution in [2.24, 2.45) is 0 Å². The number of rotatable bonds is 4. The van der Waals surface area contributed by atoms with Crippen LogP contribution in [0.15, 0.2) is 18.3 Å². The normalized spacial score (nSPS) is 26.2. The van der Waals surface area contributed by atoms with Crippen LogP contribution in [-0.2, 0) is 6.54 Å². The van der Waals surface area contributed by atoms with Gasteiger partial charge in [0.15, 0.2) is 5.65 Å². The predicted octanol–water partition coefficient (Wildman–Crippen LogP) is 2.34. The van der Waals surface area contributed by atoms with E-state index in [1.165, 1.54) is 38.1 Å². The Bertz CT molecular complexity index is 644. The molecule has 0 amide bonds. The Balaban J connectivity index is 1.75. The molecular formula is C17H25N5. The van der Waals surface area contributed by atoms with Gasteiger partial charge < -0.3 is 9.88 Å². The van der Waals surface area contributed by atoms with Crippen LogP contribution < -0.4 is 5.32 Å². The smallest absolute Gasteiger partial charge is 0.160 e. The highest BCUT2D eigenvalue weighted by atomic mass is 15.2. The van der Waals surface area contributed by atoms with Crippen molar-refractivity contribution in [3.05, 3.63) is 24.2 Å². The molecule has 2 unspecified atom stereocenters. The first kappa shape index (κ1) is 14.2. The van der Waals surface area contributed by atoms with Crippen LogP contribution in [0.4, 0.5) is 0 Å². The van der Waals surface area contributed by atoms with E-state index in [0.717, 1.165) is 30.8 Å². The van der Waals surface area contributed by atoms with Gasteiger partial charge in [-0.2, -0.15) is 0 Å². The number of fused-ring (bicyclic) bond motifs is 1. The van der Waals surface area contributed by atoms with Crippen molar-refractivity contribution in [1.82, 2.24) is 24.8 Å². The lowest BCUT2D eigenvalue weighted by atomic mass is 10.2. The van der Waals surface area contributed by atoms with Crippen LogP contribution in [0.25, 0.3) is 11.2 Å². The highest BCUT2D eigenvalue weighted by molar-refractivity contribution is 5.71. The molecule has 118 valence electrons. The third-order valence-electron chi connectivity index (χ3n) is 5.17. The maximum atomic E-state index is 4.97. The number of imidazole rings is 1. The van der Waals surface area contributed by atoms with Crippen molar-refractivity contribution < 1.29 is 0 Å². The fourth-order valence-electron chi connectivity index (χ4n) is 4.04. The molecule has 1 N–H and O–H groups in total. The van der Waals surface area contributed by atoms with E-state index >= 15 is 0 Å². The average molecular weight is 299 g/mol. The first-order valence-electron chi connectivity index (χ1n) is 8.65.